The first kappa shape index (κ1) is 22.4. The number of benzene rings is 2. The van der Waals surface area contributed by atoms with Crippen LogP contribution in [0.5, 0.6) is 0 Å². The molecule has 0 saturated heterocycles. The van der Waals surface area contributed by atoms with Gasteiger partial charge in [-0.1, -0.05) is 47.6 Å². The summed E-state index contributed by atoms with van der Waals surface area (Å²) in [6.45, 7) is 3.94. The van der Waals surface area contributed by atoms with Crippen molar-refractivity contribution >= 4 is 35.0 Å². The van der Waals surface area contributed by atoms with Gasteiger partial charge in [0.25, 0.3) is 5.91 Å². The number of hydrogen-bond donors (Lipinski definition) is 0. The molecule has 1 atom stereocenters. The third-order valence-corrected chi connectivity index (χ3v) is 6.76. The Morgan fingerprint density at radius 3 is 2.68 bits per heavy atom. The summed E-state index contributed by atoms with van der Waals surface area (Å²) in [5, 5.41) is 16.0. The summed E-state index contributed by atoms with van der Waals surface area (Å²) < 4.78 is 7.59. The molecule has 0 aliphatic carbocycles. The van der Waals surface area contributed by atoms with Gasteiger partial charge >= 0.3 is 0 Å². The lowest BCUT2D eigenvalue weighted by Crippen LogP contribution is -2.28. The number of aryl methyl sites for hydroxylation is 2. The summed E-state index contributed by atoms with van der Waals surface area (Å²) in [7, 11) is 0. The molecule has 1 unspecified atom stereocenters. The summed E-state index contributed by atoms with van der Waals surface area (Å²) in [5.41, 5.74) is 3.85. The molecule has 4 aromatic rings. The summed E-state index contributed by atoms with van der Waals surface area (Å²) in [4.78, 5) is 13.3. The van der Waals surface area contributed by atoms with Gasteiger partial charge in [0, 0.05) is 17.1 Å². The van der Waals surface area contributed by atoms with Gasteiger partial charge in [0.1, 0.15) is 17.6 Å². The number of halogens is 1. The van der Waals surface area contributed by atoms with Crippen LogP contribution in [0.4, 0.5) is 0 Å². The molecule has 1 amide bonds. The average molecular weight is 492 g/mol. The Balaban J connectivity index is 1.38. The highest BCUT2D eigenvalue weighted by atomic mass is 35.5. The summed E-state index contributed by atoms with van der Waals surface area (Å²) in [6, 6.07) is 19.0. The van der Waals surface area contributed by atoms with Crippen LogP contribution in [0.15, 0.2) is 81.6 Å². The van der Waals surface area contributed by atoms with Gasteiger partial charge in [0.15, 0.2) is 5.16 Å². The van der Waals surface area contributed by atoms with Gasteiger partial charge in [-0.05, 0) is 61.4 Å². The number of rotatable bonds is 6. The molecule has 2 aromatic carbocycles. The molecule has 0 radical (unpaired) electrons. The van der Waals surface area contributed by atoms with Crippen LogP contribution in [0, 0.1) is 13.8 Å². The maximum absolute atomic E-state index is 13.3. The van der Waals surface area contributed by atoms with Gasteiger partial charge < -0.3 is 4.42 Å². The second-order valence-electron chi connectivity index (χ2n) is 8.02. The number of thioether (sulfide) groups is 1. The summed E-state index contributed by atoms with van der Waals surface area (Å²) in [5.74, 6) is 1.49. The van der Waals surface area contributed by atoms with Crippen molar-refractivity contribution < 1.29 is 9.21 Å². The van der Waals surface area contributed by atoms with E-state index in [2.05, 4.69) is 21.4 Å². The smallest absolute Gasteiger partial charge is 0.253 e. The lowest BCUT2D eigenvalue weighted by Gasteiger charge is -2.19. The zero-order valence-corrected chi connectivity index (χ0v) is 20.3. The molecule has 0 fully saturated rings. The number of nitrogens with zero attached hydrogens (tertiary/aromatic N) is 5. The Morgan fingerprint density at radius 2 is 1.94 bits per heavy atom. The van der Waals surface area contributed by atoms with Crippen molar-refractivity contribution in [3.63, 3.8) is 0 Å². The number of hydrogen-bond acceptors (Lipinski definition) is 6. The van der Waals surface area contributed by atoms with Gasteiger partial charge in [-0.2, -0.15) is 5.10 Å². The molecule has 2 aromatic heterocycles. The van der Waals surface area contributed by atoms with Crippen LogP contribution in [0.1, 0.15) is 35.2 Å². The van der Waals surface area contributed by atoms with Crippen molar-refractivity contribution in [2.45, 2.75) is 31.5 Å². The molecular formula is C25H22ClN5O2S. The fraction of sp³-hybridized carbons (Fsp3) is 0.200. The van der Waals surface area contributed by atoms with Gasteiger partial charge in [-0.15, -0.1) is 10.2 Å². The van der Waals surface area contributed by atoms with E-state index in [9.17, 15) is 4.79 Å². The SMILES string of the molecule is Cc1cccc(-n2c(C)nnc2SCC(=O)N2N=C(c3ccc(Cl)cc3)CC2c2ccco2)c1. The van der Waals surface area contributed by atoms with Crippen LogP contribution in [0.2, 0.25) is 5.02 Å². The number of aromatic nitrogens is 3. The number of amides is 1. The van der Waals surface area contributed by atoms with E-state index < -0.39 is 0 Å². The van der Waals surface area contributed by atoms with Crippen molar-refractivity contribution in [1.82, 2.24) is 19.8 Å². The number of hydrazone groups is 1. The normalized spacial score (nSPS) is 15.6. The standard InChI is InChI=1S/C25H22ClN5O2S/c1-16-5-3-6-20(13-16)30-17(2)27-28-25(30)34-15-24(32)31-22(23-7-4-12-33-23)14-21(29-31)18-8-10-19(26)11-9-18/h3-13,22H,14-15H2,1-2H3. The first-order chi connectivity index (χ1) is 16.5. The van der Waals surface area contributed by atoms with E-state index in [1.165, 1.54) is 16.8 Å². The summed E-state index contributed by atoms with van der Waals surface area (Å²) in [6.07, 6.45) is 2.17. The molecule has 172 valence electrons. The van der Waals surface area contributed by atoms with Crippen LogP contribution in [0.25, 0.3) is 5.69 Å². The Morgan fingerprint density at radius 1 is 1.12 bits per heavy atom. The van der Waals surface area contributed by atoms with E-state index >= 15 is 0 Å². The average Bonchev–Trinajstić information content (AvgIpc) is 3.58. The van der Waals surface area contributed by atoms with Crippen LogP contribution < -0.4 is 0 Å². The fourth-order valence-electron chi connectivity index (χ4n) is 3.95. The fourth-order valence-corrected chi connectivity index (χ4v) is 4.93. The van der Waals surface area contributed by atoms with Crippen LogP contribution in [-0.2, 0) is 4.79 Å². The van der Waals surface area contributed by atoms with Crippen LogP contribution in [-0.4, -0.2) is 37.1 Å². The van der Waals surface area contributed by atoms with E-state index in [0.29, 0.717) is 22.4 Å². The third-order valence-electron chi connectivity index (χ3n) is 5.59. The molecule has 34 heavy (non-hydrogen) atoms. The van der Waals surface area contributed by atoms with Crippen molar-refractivity contribution in [2.24, 2.45) is 5.10 Å². The minimum absolute atomic E-state index is 0.133. The molecule has 0 bridgehead atoms. The van der Waals surface area contributed by atoms with E-state index in [0.717, 1.165) is 28.4 Å². The molecule has 5 rings (SSSR count). The zero-order valence-electron chi connectivity index (χ0n) is 18.7. The highest BCUT2D eigenvalue weighted by molar-refractivity contribution is 7.99. The highest BCUT2D eigenvalue weighted by Gasteiger charge is 2.35. The Labute approximate surface area is 206 Å². The molecule has 7 nitrogen and oxygen atoms in total. The van der Waals surface area contributed by atoms with E-state index in [1.54, 1.807) is 6.26 Å². The van der Waals surface area contributed by atoms with Gasteiger partial charge in [0.2, 0.25) is 0 Å². The van der Waals surface area contributed by atoms with E-state index in [1.807, 2.05) is 73.0 Å². The Bertz CT molecular complexity index is 1350. The Kier molecular flexibility index (Phi) is 6.26. The monoisotopic (exact) mass is 491 g/mol. The van der Waals surface area contributed by atoms with E-state index in [4.69, 9.17) is 16.0 Å². The number of carbonyl (C=O) groups is 1. The van der Waals surface area contributed by atoms with Gasteiger partial charge in [0.05, 0.1) is 17.7 Å². The maximum atomic E-state index is 13.3. The number of furan rings is 1. The van der Waals surface area contributed by atoms with Crippen molar-refractivity contribution in [2.75, 3.05) is 5.75 Å². The van der Waals surface area contributed by atoms with Crippen LogP contribution in [0.3, 0.4) is 0 Å². The quantitative estimate of drug-likeness (QED) is 0.328. The minimum Gasteiger partial charge on any atom is -0.467 e. The lowest BCUT2D eigenvalue weighted by atomic mass is 10.0. The van der Waals surface area contributed by atoms with Gasteiger partial charge in [-0.3, -0.25) is 9.36 Å². The second-order valence-corrected chi connectivity index (χ2v) is 9.40. The molecule has 1 aliphatic heterocycles. The maximum Gasteiger partial charge on any atom is 0.253 e. The molecule has 1 aliphatic rings. The largest absolute Gasteiger partial charge is 0.467 e. The lowest BCUT2D eigenvalue weighted by molar-refractivity contribution is -0.130. The first-order valence-corrected chi connectivity index (χ1v) is 12.2. The molecule has 0 saturated carbocycles. The predicted octanol–water partition coefficient (Wildman–Crippen LogP) is 5.60. The molecule has 3 heterocycles. The van der Waals surface area contributed by atoms with Gasteiger partial charge in [-0.25, -0.2) is 5.01 Å². The number of carbonyl (C=O) groups excluding carboxylic acids is 1. The van der Waals surface area contributed by atoms with Crippen LogP contribution >= 0.6 is 23.4 Å². The van der Waals surface area contributed by atoms with Crippen molar-refractivity contribution in [3.05, 3.63) is 94.7 Å². The van der Waals surface area contributed by atoms with E-state index in [-0.39, 0.29) is 17.7 Å². The van der Waals surface area contributed by atoms with Crippen molar-refractivity contribution in [1.29, 1.82) is 0 Å². The second kappa shape index (κ2) is 9.48. The first-order valence-electron chi connectivity index (χ1n) is 10.8. The highest BCUT2D eigenvalue weighted by Crippen LogP contribution is 2.34. The Hall–Kier alpha value is -3.36. The molecule has 9 heteroatoms. The molecule has 0 spiro atoms. The molecule has 0 N–H and O–H groups in total. The zero-order chi connectivity index (χ0) is 23.7. The predicted molar refractivity (Wildman–Crippen MR) is 132 cm³/mol. The molecular weight excluding hydrogens is 470 g/mol. The third kappa shape index (κ3) is 4.51. The van der Waals surface area contributed by atoms with Crippen molar-refractivity contribution in [3.8, 4) is 5.69 Å². The summed E-state index contributed by atoms with van der Waals surface area (Å²) >= 11 is 7.38. The minimum atomic E-state index is -0.301. The topological polar surface area (TPSA) is 76.5 Å².